The van der Waals surface area contributed by atoms with E-state index in [1.165, 1.54) is 57.8 Å². The maximum atomic E-state index is 11.1. The zero-order valence-corrected chi connectivity index (χ0v) is 14.6. The predicted molar refractivity (Wildman–Crippen MR) is 90.1 cm³/mol. The summed E-state index contributed by atoms with van der Waals surface area (Å²) in [6, 6.07) is 0. The van der Waals surface area contributed by atoms with E-state index in [0.29, 0.717) is 13.2 Å². The van der Waals surface area contributed by atoms with Crippen molar-refractivity contribution >= 4 is 0 Å². The maximum absolute atomic E-state index is 11.1. The third-order valence-corrected chi connectivity index (χ3v) is 3.66. The van der Waals surface area contributed by atoms with Crippen molar-refractivity contribution < 1.29 is 14.7 Å². The minimum Gasteiger partial charge on any atom is -0.760 e. The second-order valence-electron chi connectivity index (χ2n) is 5.77. The lowest BCUT2D eigenvalue weighted by molar-refractivity contribution is -0.206. The molecule has 0 fully saturated rings. The van der Waals surface area contributed by atoms with Gasteiger partial charge in [-0.15, -0.1) is 0 Å². The SMILES string of the molecule is CCCCCCCCCCCCOCCC(O)N([O-])OCC. The molecule has 0 heterocycles. The molecule has 0 saturated carbocycles. The first-order valence-corrected chi connectivity index (χ1v) is 9.07. The van der Waals surface area contributed by atoms with Crippen LogP contribution in [0.1, 0.15) is 84.5 Å². The first-order valence-electron chi connectivity index (χ1n) is 9.07. The van der Waals surface area contributed by atoms with Crippen LogP contribution in [0.3, 0.4) is 0 Å². The summed E-state index contributed by atoms with van der Waals surface area (Å²) in [5.74, 6) is 0. The highest BCUT2D eigenvalue weighted by Crippen LogP contribution is 2.10. The van der Waals surface area contributed by atoms with Crippen LogP contribution >= 0.6 is 0 Å². The highest BCUT2D eigenvalue weighted by molar-refractivity contribution is 4.52. The van der Waals surface area contributed by atoms with Gasteiger partial charge in [-0.25, -0.2) is 5.23 Å². The molecule has 0 bridgehead atoms. The molecule has 1 unspecified atom stereocenters. The van der Waals surface area contributed by atoms with Crippen LogP contribution in [-0.4, -0.2) is 36.4 Å². The van der Waals surface area contributed by atoms with Gasteiger partial charge in [0.25, 0.3) is 0 Å². The molecule has 0 spiro atoms. The molecule has 0 saturated heterocycles. The van der Waals surface area contributed by atoms with Gasteiger partial charge in [-0.1, -0.05) is 64.7 Å². The number of aliphatic hydroxyl groups excluding tert-OH is 1. The van der Waals surface area contributed by atoms with E-state index in [4.69, 9.17) is 4.74 Å². The minimum absolute atomic E-state index is 0.240. The number of unbranched alkanes of at least 4 members (excludes halogenated alkanes) is 9. The van der Waals surface area contributed by atoms with Crippen LogP contribution in [0.2, 0.25) is 0 Å². The minimum atomic E-state index is -1.13. The van der Waals surface area contributed by atoms with Crippen LogP contribution in [0.25, 0.3) is 0 Å². The summed E-state index contributed by atoms with van der Waals surface area (Å²) >= 11 is 0. The van der Waals surface area contributed by atoms with Gasteiger partial charge in [-0.2, -0.15) is 0 Å². The topological polar surface area (TPSA) is 65.0 Å². The highest BCUT2D eigenvalue weighted by Gasteiger charge is 2.05. The normalized spacial score (nSPS) is 13.0. The van der Waals surface area contributed by atoms with E-state index < -0.39 is 6.23 Å². The lowest BCUT2D eigenvalue weighted by Gasteiger charge is -2.31. The Morgan fingerprint density at radius 1 is 0.864 bits per heavy atom. The van der Waals surface area contributed by atoms with Gasteiger partial charge in [0.15, 0.2) is 0 Å². The van der Waals surface area contributed by atoms with Crippen LogP contribution in [0.4, 0.5) is 0 Å². The smallest absolute Gasteiger partial charge is 0.119 e. The Balaban J connectivity index is 3.14. The van der Waals surface area contributed by atoms with Crippen molar-refractivity contribution in [1.82, 2.24) is 5.23 Å². The molecular weight excluding hydrogens is 282 g/mol. The quantitative estimate of drug-likeness (QED) is 0.245. The molecule has 1 atom stereocenters. The lowest BCUT2D eigenvalue weighted by atomic mass is 10.1. The number of nitrogens with zero attached hydrogens (tertiary/aromatic N) is 1. The Hall–Kier alpha value is -0.200. The second kappa shape index (κ2) is 17.2. The Morgan fingerprint density at radius 2 is 1.41 bits per heavy atom. The number of hydrogen-bond donors (Lipinski definition) is 1. The van der Waals surface area contributed by atoms with Crippen LogP contribution in [-0.2, 0) is 9.57 Å². The van der Waals surface area contributed by atoms with Gasteiger partial charge in [0.05, 0.1) is 13.2 Å². The molecule has 0 aliphatic carbocycles. The van der Waals surface area contributed by atoms with Crippen molar-refractivity contribution in [3.8, 4) is 0 Å². The highest BCUT2D eigenvalue weighted by atomic mass is 16.9. The summed E-state index contributed by atoms with van der Waals surface area (Å²) in [7, 11) is 0. The molecule has 134 valence electrons. The number of hydroxylamine groups is 2. The van der Waals surface area contributed by atoms with Crippen molar-refractivity contribution in [2.75, 3.05) is 19.8 Å². The molecule has 0 radical (unpaired) electrons. The molecule has 22 heavy (non-hydrogen) atoms. The molecule has 5 nitrogen and oxygen atoms in total. The second-order valence-corrected chi connectivity index (χ2v) is 5.77. The van der Waals surface area contributed by atoms with E-state index in [0.717, 1.165) is 6.42 Å². The van der Waals surface area contributed by atoms with E-state index >= 15 is 0 Å². The van der Waals surface area contributed by atoms with E-state index in [9.17, 15) is 10.3 Å². The summed E-state index contributed by atoms with van der Waals surface area (Å²) in [4.78, 5) is 4.64. The zero-order chi connectivity index (χ0) is 16.5. The van der Waals surface area contributed by atoms with Gasteiger partial charge >= 0.3 is 0 Å². The fourth-order valence-corrected chi connectivity index (χ4v) is 2.30. The molecule has 0 amide bonds. The van der Waals surface area contributed by atoms with Crippen LogP contribution < -0.4 is 0 Å². The Kier molecular flexibility index (Phi) is 17.0. The molecule has 0 aromatic carbocycles. The Morgan fingerprint density at radius 3 is 1.95 bits per heavy atom. The van der Waals surface area contributed by atoms with E-state index in [1.54, 1.807) is 6.92 Å². The summed E-state index contributed by atoms with van der Waals surface area (Å²) in [5, 5.41) is 20.8. The number of rotatable bonds is 17. The number of hydrogen-bond acceptors (Lipinski definition) is 5. The first kappa shape index (κ1) is 21.8. The van der Waals surface area contributed by atoms with Crippen LogP contribution in [0, 0.1) is 5.21 Å². The molecule has 0 aliphatic heterocycles. The van der Waals surface area contributed by atoms with Crippen molar-refractivity contribution in [2.45, 2.75) is 90.7 Å². The molecular formula is C17H36NO4-. The van der Waals surface area contributed by atoms with Crippen LogP contribution in [0.5, 0.6) is 0 Å². The van der Waals surface area contributed by atoms with E-state index in [2.05, 4.69) is 11.8 Å². The van der Waals surface area contributed by atoms with Crippen molar-refractivity contribution in [1.29, 1.82) is 0 Å². The third-order valence-electron chi connectivity index (χ3n) is 3.66. The average molecular weight is 318 g/mol. The molecule has 0 aromatic heterocycles. The largest absolute Gasteiger partial charge is 0.760 e. The standard InChI is InChI=1S/C17H36NO4/c1-3-5-6-7-8-9-10-11-12-13-15-21-16-14-17(19)18(20)22-4-2/h17,19H,3-16H2,1-2H3/q-1. The summed E-state index contributed by atoms with van der Waals surface area (Å²) in [6.07, 6.45) is 12.2. The van der Waals surface area contributed by atoms with E-state index in [-0.39, 0.29) is 18.3 Å². The van der Waals surface area contributed by atoms with Crippen molar-refractivity contribution in [2.24, 2.45) is 0 Å². The van der Waals surface area contributed by atoms with Crippen LogP contribution in [0.15, 0.2) is 0 Å². The monoisotopic (exact) mass is 318 g/mol. The van der Waals surface area contributed by atoms with Gasteiger partial charge in [-0.3, -0.25) is 0 Å². The fourth-order valence-electron chi connectivity index (χ4n) is 2.30. The van der Waals surface area contributed by atoms with Crippen molar-refractivity contribution in [3.05, 3.63) is 5.21 Å². The summed E-state index contributed by atoms with van der Waals surface area (Å²) < 4.78 is 5.42. The molecule has 1 N–H and O–H groups in total. The average Bonchev–Trinajstić information content (AvgIpc) is 2.51. The van der Waals surface area contributed by atoms with Gasteiger partial charge in [0, 0.05) is 13.0 Å². The van der Waals surface area contributed by atoms with Gasteiger partial charge in [0.2, 0.25) is 0 Å². The maximum Gasteiger partial charge on any atom is 0.119 e. The third kappa shape index (κ3) is 14.7. The van der Waals surface area contributed by atoms with Gasteiger partial charge in [-0.05, 0) is 13.3 Å². The molecule has 0 aliphatic rings. The molecule has 0 aromatic rings. The summed E-state index contributed by atoms with van der Waals surface area (Å²) in [6.45, 7) is 5.32. The zero-order valence-electron chi connectivity index (χ0n) is 14.6. The van der Waals surface area contributed by atoms with Gasteiger partial charge in [0.1, 0.15) is 6.23 Å². The lowest BCUT2D eigenvalue weighted by Crippen LogP contribution is -2.31. The summed E-state index contributed by atoms with van der Waals surface area (Å²) in [5.41, 5.74) is 0. The Bertz CT molecular complexity index is 217. The fraction of sp³-hybridized carbons (Fsp3) is 1.00. The molecule has 0 rings (SSSR count). The number of ether oxygens (including phenoxy) is 1. The molecule has 5 heteroatoms. The van der Waals surface area contributed by atoms with Gasteiger partial charge < -0.3 is 19.9 Å². The number of aliphatic hydroxyl groups is 1. The van der Waals surface area contributed by atoms with E-state index in [1.807, 2.05) is 0 Å². The predicted octanol–water partition coefficient (Wildman–Crippen LogP) is 4.38. The first-order chi connectivity index (χ1) is 10.7. The Labute approximate surface area is 136 Å². The van der Waals surface area contributed by atoms with Crippen molar-refractivity contribution in [3.63, 3.8) is 0 Å².